The van der Waals surface area contributed by atoms with Gasteiger partial charge in [-0.25, -0.2) is 8.42 Å². The van der Waals surface area contributed by atoms with Crippen LogP contribution in [0, 0.1) is 0 Å². The van der Waals surface area contributed by atoms with E-state index in [9.17, 15) is 18.0 Å². The Labute approximate surface area is 240 Å². The van der Waals surface area contributed by atoms with Crippen molar-refractivity contribution in [2.75, 3.05) is 18.0 Å². The molecule has 3 aromatic carbocycles. The smallest absolute Gasteiger partial charge is 0.264 e. The number of amides is 2. The van der Waals surface area contributed by atoms with Crippen LogP contribution in [0.5, 0.6) is 5.75 Å². The van der Waals surface area contributed by atoms with Gasteiger partial charge in [0.2, 0.25) is 11.8 Å². The van der Waals surface area contributed by atoms with Crippen LogP contribution in [-0.4, -0.2) is 50.9 Å². The third-order valence-corrected chi connectivity index (χ3v) is 9.29. The number of rotatable bonds is 11. The number of halogens is 1. The van der Waals surface area contributed by atoms with E-state index in [2.05, 4.69) is 5.32 Å². The van der Waals surface area contributed by atoms with Crippen LogP contribution in [-0.2, 0) is 26.2 Å². The predicted octanol–water partition coefficient (Wildman–Crippen LogP) is 5.02. The van der Waals surface area contributed by atoms with Crippen molar-refractivity contribution in [2.45, 2.75) is 56.1 Å². The van der Waals surface area contributed by atoms with Crippen molar-refractivity contribution >= 4 is 39.1 Å². The molecule has 8 nitrogen and oxygen atoms in total. The van der Waals surface area contributed by atoms with Crippen LogP contribution >= 0.6 is 11.6 Å². The molecule has 1 aliphatic carbocycles. The second-order valence-corrected chi connectivity index (χ2v) is 12.1. The Balaban J connectivity index is 1.67. The van der Waals surface area contributed by atoms with Gasteiger partial charge in [-0.3, -0.25) is 13.9 Å². The molecule has 0 aromatic heterocycles. The van der Waals surface area contributed by atoms with Crippen molar-refractivity contribution in [2.24, 2.45) is 0 Å². The summed E-state index contributed by atoms with van der Waals surface area (Å²) in [6.45, 7) is 1.19. The number of benzene rings is 3. The Hall–Kier alpha value is -3.56. The number of nitrogens with one attached hydrogen (secondary N) is 1. The second-order valence-electron chi connectivity index (χ2n) is 9.80. The molecule has 0 saturated heterocycles. The quantitative estimate of drug-likeness (QED) is 0.342. The van der Waals surface area contributed by atoms with E-state index in [-0.39, 0.29) is 23.4 Å². The maximum Gasteiger partial charge on any atom is 0.264 e. The SMILES string of the molecule is COc1ccc(S(=O)(=O)N(CC(=O)N(Cc2ccccc2Cl)[C@@H](C)C(=O)NC2CCCC2)c2ccccc2)cc1. The molecular weight excluding hydrogens is 550 g/mol. The van der Waals surface area contributed by atoms with Crippen LogP contribution < -0.4 is 14.4 Å². The molecule has 1 aliphatic rings. The third-order valence-electron chi connectivity index (χ3n) is 7.14. The third kappa shape index (κ3) is 6.95. The lowest BCUT2D eigenvalue weighted by Crippen LogP contribution is -2.52. The Morgan fingerprint density at radius 2 is 1.60 bits per heavy atom. The Morgan fingerprint density at radius 3 is 2.23 bits per heavy atom. The van der Waals surface area contributed by atoms with Gasteiger partial charge in [0.25, 0.3) is 10.0 Å². The van der Waals surface area contributed by atoms with E-state index < -0.39 is 28.5 Å². The molecular formula is C30H34ClN3O5S. The summed E-state index contributed by atoms with van der Waals surface area (Å²) in [5.41, 5.74) is 0.981. The minimum absolute atomic E-state index is 0.00892. The van der Waals surface area contributed by atoms with E-state index in [1.807, 2.05) is 0 Å². The number of hydrogen-bond acceptors (Lipinski definition) is 5. The van der Waals surface area contributed by atoms with Crippen molar-refractivity contribution in [3.05, 3.63) is 89.4 Å². The molecule has 1 atom stereocenters. The van der Waals surface area contributed by atoms with Gasteiger partial charge < -0.3 is 15.0 Å². The molecule has 0 aliphatic heterocycles. The fraction of sp³-hybridized carbons (Fsp3) is 0.333. The molecule has 0 bridgehead atoms. The van der Waals surface area contributed by atoms with Crippen molar-refractivity contribution in [3.8, 4) is 5.75 Å². The molecule has 4 rings (SSSR count). The number of para-hydroxylation sites is 1. The number of carbonyl (C=O) groups excluding carboxylic acids is 2. The van der Waals surface area contributed by atoms with E-state index in [0.29, 0.717) is 22.0 Å². The van der Waals surface area contributed by atoms with Crippen molar-refractivity contribution in [1.29, 1.82) is 0 Å². The van der Waals surface area contributed by atoms with Crippen molar-refractivity contribution < 1.29 is 22.7 Å². The summed E-state index contributed by atoms with van der Waals surface area (Å²) in [4.78, 5) is 28.7. The van der Waals surface area contributed by atoms with Gasteiger partial charge in [-0.05, 0) is 67.8 Å². The molecule has 10 heteroatoms. The van der Waals surface area contributed by atoms with Gasteiger partial charge >= 0.3 is 0 Å². The molecule has 212 valence electrons. The molecule has 0 heterocycles. The minimum Gasteiger partial charge on any atom is -0.497 e. The van der Waals surface area contributed by atoms with Gasteiger partial charge in [0.05, 0.1) is 17.7 Å². The number of methoxy groups -OCH3 is 1. The van der Waals surface area contributed by atoms with Crippen molar-refractivity contribution in [1.82, 2.24) is 10.2 Å². The monoisotopic (exact) mass is 583 g/mol. The number of anilines is 1. The zero-order valence-electron chi connectivity index (χ0n) is 22.6. The first-order valence-corrected chi connectivity index (χ1v) is 15.1. The summed E-state index contributed by atoms with van der Waals surface area (Å²) in [5, 5.41) is 3.51. The summed E-state index contributed by atoms with van der Waals surface area (Å²) >= 11 is 6.42. The van der Waals surface area contributed by atoms with Crippen LogP contribution in [0.3, 0.4) is 0 Å². The van der Waals surface area contributed by atoms with Gasteiger partial charge in [0, 0.05) is 17.6 Å². The summed E-state index contributed by atoms with van der Waals surface area (Å²) in [6, 6.07) is 20.7. The lowest BCUT2D eigenvalue weighted by Gasteiger charge is -2.32. The maximum absolute atomic E-state index is 14.0. The van der Waals surface area contributed by atoms with E-state index in [4.69, 9.17) is 16.3 Å². The highest BCUT2D eigenvalue weighted by Gasteiger charge is 2.33. The van der Waals surface area contributed by atoms with E-state index >= 15 is 0 Å². The van der Waals surface area contributed by atoms with Crippen LogP contribution in [0.2, 0.25) is 5.02 Å². The first-order valence-electron chi connectivity index (χ1n) is 13.3. The first kappa shape index (κ1) is 29.4. The minimum atomic E-state index is -4.15. The Morgan fingerprint density at radius 1 is 0.975 bits per heavy atom. The topological polar surface area (TPSA) is 96.0 Å². The van der Waals surface area contributed by atoms with Gasteiger partial charge in [-0.2, -0.15) is 0 Å². The van der Waals surface area contributed by atoms with Gasteiger partial charge in [0.1, 0.15) is 18.3 Å². The summed E-state index contributed by atoms with van der Waals surface area (Å²) in [7, 11) is -2.65. The van der Waals surface area contributed by atoms with Gasteiger partial charge in [-0.15, -0.1) is 0 Å². The fourth-order valence-corrected chi connectivity index (χ4v) is 6.39. The zero-order valence-corrected chi connectivity index (χ0v) is 24.2. The molecule has 40 heavy (non-hydrogen) atoms. The van der Waals surface area contributed by atoms with E-state index in [1.54, 1.807) is 73.7 Å². The normalized spacial score (nSPS) is 14.4. The van der Waals surface area contributed by atoms with Crippen LogP contribution in [0.4, 0.5) is 5.69 Å². The molecule has 0 radical (unpaired) electrons. The van der Waals surface area contributed by atoms with Gasteiger partial charge in [0.15, 0.2) is 0 Å². The molecule has 2 amide bonds. The number of carbonyl (C=O) groups is 2. The summed E-state index contributed by atoms with van der Waals surface area (Å²) in [5.74, 6) is -0.305. The average Bonchev–Trinajstić information content (AvgIpc) is 3.48. The van der Waals surface area contributed by atoms with E-state index in [0.717, 1.165) is 30.0 Å². The number of nitrogens with zero attached hydrogens (tertiary/aromatic N) is 2. The van der Waals surface area contributed by atoms with Crippen LogP contribution in [0.15, 0.2) is 83.8 Å². The lowest BCUT2D eigenvalue weighted by atomic mass is 10.1. The maximum atomic E-state index is 14.0. The molecule has 0 unspecified atom stereocenters. The number of hydrogen-bond donors (Lipinski definition) is 1. The summed E-state index contributed by atoms with van der Waals surface area (Å²) in [6.07, 6.45) is 3.91. The van der Waals surface area contributed by atoms with Crippen LogP contribution in [0.1, 0.15) is 38.2 Å². The van der Waals surface area contributed by atoms with Crippen LogP contribution in [0.25, 0.3) is 0 Å². The highest BCUT2D eigenvalue weighted by Crippen LogP contribution is 2.26. The Bertz CT molecular complexity index is 1410. The predicted molar refractivity (Wildman–Crippen MR) is 156 cm³/mol. The highest BCUT2D eigenvalue weighted by atomic mass is 35.5. The molecule has 1 saturated carbocycles. The molecule has 1 fully saturated rings. The second kappa shape index (κ2) is 13.2. The molecule has 3 aromatic rings. The molecule has 0 spiro atoms. The number of sulfonamides is 1. The first-order chi connectivity index (χ1) is 19.2. The average molecular weight is 584 g/mol. The zero-order chi connectivity index (χ0) is 28.7. The fourth-order valence-electron chi connectivity index (χ4n) is 4.78. The lowest BCUT2D eigenvalue weighted by molar-refractivity contribution is -0.139. The molecule has 1 N–H and O–H groups in total. The summed E-state index contributed by atoms with van der Waals surface area (Å²) < 4.78 is 33.9. The standard InChI is InChI=1S/C30H34ClN3O5S/c1-22(30(36)32-24-11-7-8-12-24)33(20-23-10-6-9-15-28(23)31)29(35)21-34(25-13-4-3-5-14-25)40(37,38)27-18-16-26(39-2)17-19-27/h3-6,9-10,13-19,22,24H,7-8,11-12,20-21H2,1-2H3,(H,32,36)/t22-/m0/s1. The Kier molecular flexibility index (Phi) is 9.71. The number of ether oxygens (including phenoxy) is 1. The van der Waals surface area contributed by atoms with Gasteiger partial charge in [-0.1, -0.05) is 60.8 Å². The highest BCUT2D eigenvalue weighted by molar-refractivity contribution is 7.92. The van der Waals surface area contributed by atoms with E-state index in [1.165, 1.54) is 24.1 Å². The largest absolute Gasteiger partial charge is 0.497 e. The van der Waals surface area contributed by atoms with Crippen molar-refractivity contribution in [3.63, 3.8) is 0 Å².